The third kappa shape index (κ3) is 5.64. The summed E-state index contributed by atoms with van der Waals surface area (Å²) in [6.45, 7) is 3.98. The minimum Gasteiger partial charge on any atom is -0.507 e. The Morgan fingerprint density at radius 1 is 1.00 bits per heavy atom. The summed E-state index contributed by atoms with van der Waals surface area (Å²) in [6.07, 6.45) is 6.19. The van der Waals surface area contributed by atoms with Gasteiger partial charge >= 0.3 is 0 Å². The number of rotatable bonds is 7. The molecule has 0 radical (unpaired) electrons. The third-order valence-corrected chi connectivity index (χ3v) is 4.84. The zero-order valence-electron chi connectivity index (χ0n) is 18.1. The molecule has 0 saturated heterocycles. The van der Waals surface area contributed by atoms with E-state index in [0.29, 0.717) is 29.0 Å². The molecule has 4 heteroatoms. The van der Waals surface area contributed by atoms with Crippen LogP contribution >= 0.6 is 0 Å². The van der Waals surface area contributed by atoms with E-state index in [1.54, 1.807) is 13.2 Å². The Hall–Kier alpha value is -3.79. The smallest absolute Gasteiger partial charge is 0.260 e. The van der Waals surface area contributed by atoms with Crippen LogP contribution in [0.15, 0.2) is 78.4 Å². The Balaban J connectivity index is 2.10. The van der Waals surface area contributed by atoms with Gasteiger partial charge in [-0.05, 0) is 49.6 Å². The molecule has 4 nitrogen and oxygen atoms in total. The van der Waals surface area contributed by atoms with E-state index in [1.165, 1.54) is 0 Å². The van der Waals surface area contributed by atoms with Gasteiger partial charge in [0, 0.05) is 11.3 Å². The summed E-state index contributed by atoms with van der Waals surface area (Å²) in [5.74, 6) is 0.0921. The van der Waals surface area contributed by atoms with E-state index in [4.69, 9.17) is 4.74 Å². The first-order valence-electron chi connectivity index (χ1n) is 10.1. The lowest BCUT2D eigenvalue weighted by Gasteiger charge is -2.16. The Kier molecular flexibility index (Phi) is 7.28. The highest BCUT2D eigenvalue weighted by Gasteiger charge is 2.22. The molecule has 3 aromatic rings. The van der Waals surface area contributed by atoms with Crippen molar-refractivity contribution < 1.29 is 14.6 Å². The number of hydrogen-bond donors (Lipinski definition) is 2. The normalized spacial score (nSPS) is 10.7. The van der Waals surface area contributed by atoms with Gasteiger partial charge in [-0.2, -0.15) is 0 Å². The van der Waals surface area contributed by atoms with Crippen LogP contribution in [0.5, 0.6) is 11.5 Å². The van der Waals surface area contributed by atoms with Crippen LogP contribution < -0.4 is 10.1 Å². The van der Waals surface area contributed by atoms with Gasteiger partial charge in [-0.3, -0.25) is 4.79 Å². The van der Waals surface area contributed by atoms with Crippen molar-refractivity contribution in [2.45, 2.75) is 20.3 Å². The van der Waals surface area contributed by atoms with E-state index in [2.05, 4.69) is 5.32 Å². The van der Waals surface area contributed by atoms with E-state index < -0.39 is 0 Å². The number of phenolic OH excluding ortho intramolecular Hbond substituents is 1. The number of para-hydroxylation sites is 1. The molecule has 0 atom stereocenters. The standard InChI is InChI=1S/C27H27NO3/c1-19(2)14-17-23-24(31-3)18-21(16-15-20-10-6-4-7-11-20)25(26(23)29)27(30)28-22-12-8-5-9-13-22/h4-16,18,29H,17H2,1-3H3,(H,28,30). The summed E-state index contributed by atoms with van der Waals surface area (Å²) in [5, 5.41) is 14.0. The molecule has 1 amide bonds. The van der Waals surface area contributed by atoms with Gasteiger partial charge in [-0.15, -0.1) is 0 Å². The minimum atomic E-state index is -0.377. The number of nitrogens with one attached hydrogen (secondary N) is 1. The maximum absolute atomic E-state index is 13.2. The predicted octanol–water partition coefficient (Wildman–Crippen LogP) is 6.33. The summed E-state index contributed by atoms with van der Waals surface area (Å²) in [5.41, 5.74) is 4.14. The molecule has 158 valence electrons. The molecule has 0 saturated carbocycles. The van der Waals surface area contributed by atoms with Crippen molar-refractivity contribution in [1.82, 2.24) is 0 Å². The van der Waals surface area contributed by atoms with Gasteiger partial charge in [0.25, 0.3) is 5.91 Å². The largest absolute Gasteiger partial charge is 0.507 e. The van der Waals surface area contributed by atoms with E-state index in [9.17, 15) is 9.90 Å². The molecule has 0 heterocycles. The number of phenols is 1. The fourth-order valence-corrected chi connectivity index (χ4v) is 3.23. The lowest BCUT2D eigenvalue weighted by atomic mass is 9.96. The average Bonchev–Trinajstić information content (AvgIpc) is 2.77. The fourth-order valence-electron chi connectivity index (χ4n) is 3.23. The van der Waals surface area contributed by atoms with Crippen molar-refractivity contribution in [3.8, 4) is 11.5 Å². The maximum Gasteiger partial charge on any atom is 0.260 e. The summed E-state index contributed by atoms with van der Waals surface area (Å²) < 4.78 is 5.55. The molecule has 31 heavy (non-hydrogen) atoms. The maximum atomic E-state index is 13.2. The molecule has 3 rings (SSSR count). The molecule has 0 unspecified atom stereocenters. The summed E-state index contributed by atoms with van der Waals surface area (Å²) in [7, 11) is 1.56. The van der Waals surface area contributed by atoms with Gasteiger partial charge in [0.1, 0.15) is 11.5 Å². The van der Waals surface area contributed by atoms with Crippen LogP contribution in [0.2, 0.25) is 0 Å². The number of allylic oxidation sites excluding steroid dienone is 2. The SMILES string of the molecule is COc1cc(C=Cc2ccccc2)c(C(=O)Nc2ccccc2)c(O)c1CC=C(C)C. The van der Waals surface area contributed by atoms with Crippen molar-refractivity contribution in [2.75, 3.05) is 12.4 Å². The van der Waals surface area contributed by atoms with Crippen LogP contribution in [0.3, 0.4) is 0 Å². The second-order valence-electron chi connectivity index (χ2n) is 7.42. The predicted molar refractivity (Wildman–Crippen MR) is 128 cm³/mol. The van der Waals surface area contributed by atoms with Gasteiger partial charge in [-0.25, -0.2) is 0 Å². The van der Waals surface area contributed by atoms with Crippen LogP contribution in [-0.4, -0.2) is 18.1 Å². The molecule has 0 fully saturated rings. The van der Waals surface area contributed by atoms with Gasteiger partial charge < -0.3 is 15.2 Å². The van der Waals surface area contributed by atoms with Gasteiger partial charge in [0.2, 0.25) is 0 Å². The fraction of sp³-hybridized carbons (Fsp3) is 0.148. The molecule has 3 aromatic carbocycles. The lowest BCUT2D eigenvalue weighted by molar-refractivity contribution is 0.102. The van der Waals surface area contributed by atoms with Crippen molar-refractivity contribution in [3.63, 3.8) is 0 Å². The van der Waals surface area contributed by atoms with E-state index in [0.717, 1.165) is 11.1 Å². The monoisotopic (exact) mass is 413 g/mol. The zero-order valence-corrected chi connectivity index (χ0v) is 18.1. The highest BCUT2D eigenvalue weighted by Crippen LogP contribution is 2.36. The molecule has 0 aliphatic rings. The quantitative estimate of drug-likeness (QED) is 0.351. The molecular weight excluding hydrogens is 386 g/mol. The topological polar surface area (TPSA) is 58.6 Å². The molecule has 0 bridgehead atoms. The van der Waals surface area contributed by atoms with Crippen molar-refractivity contribution in [1.29, 1.82) is 0 Å². The Labute approximate surface area is 183 Å². The van der Waals surface area contributed by atoms with Gasteiger partial charge in [0.15, 0.2) is 0 Å². The molecule has 0 aliphatic carbocycles. The summed E-state index contributed by atoms with van der Waals surface area (Å²) in [4.78, 5) is 13.2. The molecular formula is C27H27NO3. The van der Waals surface area contributed by atoms with Gasteiger partial charge in [0.05, 0.1) is 12.7 Å². The highest BCUT2D eigenvalue weighted by molar-refractivity contribution is 6.09. The first kappa shape index (κ1) is 21.9. The third-order valence-electron chi connectivity index (χ3n) is 4.84. The second kappa shape index (κ2) is 10.3. The number of benzene rings is 3. The van der Waals surface area contributed by atoms with Crippen LogP contribution in [0, 0.1) is 0 Å². The first-order chi connectivity index (χ1) is 15.0. The van der Waals surface area contributed by atoms with Gasteiger partial charge in [-0.1, -0.05) is 72.3 Å². The lowest BCUT2D eigenvalue weighted by Crippen LogP contribution is -2.15. The summed E-state index contributed by atoms with van der Waals surface area (Å²) >= 11 is 0. The van der Waals surface area contributed by atoms with Crippen molar-refractivity contribution in [2.24, 2.45) is 0 Å². The van der Waals surface area contributed by atoms with Crippen LogP contribution in [0.25, 0.3) is 12.2 Å². The Bertz CT molecular complexity index is 1100. The Morgan fingerprint density at radius 3 is 2.26 bits per heavy atom. The first-order valence-corrected chi connectivity index (χ1v) is 10.1. The second-order valence-corrected chi connectivity index (χ2v) is 7.42. The summed E-state index contributed by atoms with van der Waals surface area (Å²) in [6, 6.07) is 20.8. The van der Waals surface area contributed by atoms with E-state index in [-0.39, 0.29) is 17.2 Å². The van der Waals surface area contributed by atoms with Crippen LogP contribution in [-0.2, 0) is 6.42 Å². The minimum absolute atomic E-state index is 0.0713. The number of ether oxygens (including phenoxy) is 1. The number of amides is 1. The zero-order chi connectivity index (χ0) is 22.2. The van der Waals surface area contributed by atoms with Crippen LogP contribution in [0.4, 0.5) is 5.69 Å². The average molecular weight is 414 g/mol. The molecule has 0 aromatic heterocycles. The van der Waals surface area contributed by atoms with E-state index in [1.807, 2.05) is 92.7 Å². The molecule has 0 aliphatic heterocycles. The highest BCUT2D eigenvalue weighted by atomic mass is 16.5. The Morgan fingerprint density at radius 2 is 1.65 bits per heavy atom. The molecule has 2 N–H and O–H groups in total. The molecule has 0 spiro atoms. The van der Waals surface area contributed by atoms with Crippen molar-refractivity contribution >= 4 is 23.7 Å². The number of carbonyl (C=O) groups is 1. The van der Waals surface area contributed by atoms with Crippen LogP contribution in [0.1, 0.15) is 40.9 Å². The number of aromatic hydroxyl groups is 1. The van der Waals surface area contributed by atoms with Crippen molar-refractivity contribution in [3.05, 3.63) is 101 Å². The number of methoxy groups -OCH3 is 1. The number of carbonyl (C=O) groups excluding carboxylic acids is 1. The number of hydrogen-bond acceptors (Lipinski definition) is 3. The number of anilines is 1. The van der Waals surface area contributed by atoms with E-state index >= 15 is 0 Å².